The summed E-state index contributed by atoms with van der Waals surface area (Å²) in [6.07, 6.45) is 9.59. The number of rotatable bonds is 2. The van der Waals surface area contributed by atoms with Gasteiger partial charge in [-0.25, -0.2) is 4.79 Å². The molecule has 0 bridgehead atoms. The van der Waals surface area contributed by atoms with E-state index in [1.807, 2.05) is 27.7 Å². The Morgan fingerprint density at radius 3 is 2.42 bits per heavy atom. The third-order valence-corrected chi connectivity index (χ3v) is 4.96. The minimum absolute atomic E-state index is 0.00278. The Labute approximate surface area is 156 Å². The van der Waals surface area contributed by atoms with E-state index in [0.29, 0.717) is 12.8 Å². The molecule has 146 valence electrons. The summed E-state index contributed by atoms with van der Waals surface area (Å²) in [7, 11) is 0. The van der Waals surface area contributed by atoms with Gasteiger partial charge in [0, 0.05) is 23.8 Å². The van der Waals surface area contributed by atoms with Crippen LogP contribution in [0, 0.1) is 23.7 Å². The Kier molecular flexibility index (Phi) is 9.52. The molecule has 0 amide bonds. The van der Waals surface area contributed by atoms with Crippen molar-refractivity contribution >= 4 is 11.8 Å². The van der Waals surface area contributed by atoms with Crippen molar-refractivity contribution in [3.63, 3.8) is 0 Å². The fraction of sp³-hybridized carbons (Fsp3) is 0.619. The van der Waals surface area contributed by atoms with Crippen LogP contribution in [0.3, 0.4) is 0 Å². The van der Waals surface area contributed by atoms with E-state index in [4.69, 9.17) is 4.74 Å². The normalized spacial score (nSPS) is 34.7. The first-order valence-electron chi connectivity index (χ1n) is 9.36. The molecule has 0 saturated heterocycles. The number of aliphatic hydroxyl groups is 2. The van der Waals surface area contributed by atoms with Gasteiger partial charge in [-0.3, -0.25) is 4.79 Å². The van der Waals surface area contributed by atoms with Gasteiger partial charge in [0.15, 0.2) is 5.78 Å². The van der Waals surface area contributed by atoms with Gasteiger partial charge in [-0.1, -0.05) is 52.0 Å². The van der Waals surface area contributed by atoms with Crippen molar-refractivity contribution < 1.29 is 24.5 Å². The summed E-state index contributed by atoms with van der Waals surface area (Å²) in [6.45, 7) is 7.31. The van der Waals surface area contributed by atoms with Gasteiger partial charge in [-0.15, -0.1) is 0 Å². The SMILES string of the molecule is CCC1OC(=O)C=CC(C)C(O)C(C)CC(C)C(=O)C=CC=CC1CO. The topological polar surface area (TPSA) is 83.8 Å². The predicted octanol–water partition coefficient (Wildman–Crippen LogP) is 2.83. The largest absolute Gasteiger partial charge is 0.459 e. The number of ether oxygens (including phenoxy) is 1. The van der Waals surface area contributed by atoms with Gasteiger partial charge in [-0.2, -0.15) is 0 Å². The van der Waals surface area contributed by atoms with Crippen LogP contribution in [-0.2, 0) is 14.3 Å². The molecule has 5 nitrogen and oxygen atoms in total. The highest BCUT2D eigenvalue weighted by molar-refractivity contribution is 5.91. The van der Waals surface area contributed by atoms with E-state index in [0.717, 1.165) is 0 Å². The molecule has 0 aromatic rings. The maximum absolute atomic E-state index is 12.2. The third kappa shape index (κ3) is 6.89. The highest BCUT2D eigenvalue weighted by Gasteiger charge is 2.24. The summed E-state index contributed by atoms with van der Waals surface area (Å²) < 4.78 is 5.44. The monoisotopic (exact) mass is 364 g/mol. The highest BCUT2D eigenvalue weighted by Crippen LogP contribution is 2.23. The first-order chi connectivity index (χ1) is 12.3. The molecular weight excluding hydrogens is 332 g/mol. The minimum Gasteiger partial charge on any atom is -0.459 e. The van der Waals surface area contributed by atoms with Crippen LogP contribution >= 0.6 is 0 Å². The fourth-order valence-electron chi connectivity index (χ4n) is 3.16. The second-order valence-electron chi connectivity index (χ2n) is 7.20. The Balaban J connectivity index is 3.09. The van der Waals surface area contributed by atoms with Crippen molar-refractivity contribution in [3.05, 3.63) is 36.5 Å². The quantitative estimate of drug-likeness (QED) is 0.736. The van der Waals surface area contributed by atoms with Gasteiger partial charge in [-0.05, 0) is 24.8 Å². The highest BCUT2D eigenvalue weighted by atomic mass is 16.5. The first kappa shape index (κ1) is 22.3. The predicted molar refractivity (Wildman–Crippen MR) is 101 cm³/mol. The Morgan fingerprint density at radius 1 is 1.12 bits per heavy atom. The Bertz CT molecular complexity index is 549. The standard InChI is InChI=1S/C21H32O5/c1-5-19-17(13-22)8-6-7-9-18(23)15(3)12-16(4)21(25)14(2)10-11-20(24)26-19/h6-11,14-17,19,21-22,25H,5,12-13H2,1-4H3. The number of hydrogen-bond donors (Lipinski definition) is 2. The van der Waals surface area contributed by atoms with E-state index in [9.17, 15) is 19.8 Å². The number of esters is 1. The van der Waals surface area contributed by atoms with Gasteiger partial charge in [0.25, 0.3) is 0 Å². The molecule has 0 fully saturated rings. The second-order valence-corrected chi connectivity index (χ2v) is 7.20. The van der Waals surface area contributed by atoms with Crippen LogP contribution in [-0.4, -0.2) is 40.8 Å². The zero-order valence-electron chi connectivity index (χ0n) is 16.2. The summed E-state index contributed by atoms with van der Waals surface area (Å²) in [5.41, 5.74) is 0. The van der Waals surface area contributed by atoms with Crippen LogP contribution in [0.25, 0.3) is 0 Å². The lowest BCUT2D eigenvalue weighted by molar-refractivity contribution is -0.145. The molecule has 6 unspecified atom stereocenters. The number of carbonyl (C=O) groups excluding carboxylic acids is 2. The van der Waals surface area contributed by atoms with E-state index in [2.05, 4.69) is 0 Å². The molecule has 5 heteroatoms. The molecule has 1 aliphatic heterocycles. The molecule has 0 spiro atoms. The van der Waals surface area contributed by atoms with Crippen LogP contribution < -0.4 is 0 Å². The number of carbonyl (C=O) groups is 2. The van der Waals surface area contributed by atoms with E-state index in [-0.39, 0.29) is 36.1 Å². The van der Waals surface area contributed by atoms with Crippen LogP contribution in [0.5, 0.6) is 0 Å². The molecule has 1 heterocycles. The lowest BCUT2D eigenvalue weighted by Gasteiger charge is -2.25. The molecule has 1 rings (SSSR count). The lowest BCUT2D eigenvalue weighted by atomic mass is 9.85. The van der Waals surface area contributed by atoms with Gasteiger partial charge in [0.05, 0.1) is 12.7 Å². The zero-order chi connectivity index (χ0) is 19.7. The number of ketones is 1. The summed E-state index contributed by atoms with van der Waals surface area (Å²) in [6, 6.07) is 0. The van der Waals surface area contributed by atoms with Gasteiger partial charge in [0.1, 0.15) is 6.10 Å². The lowest BCUT2D eigenvalue weighted by Crippen LogP contribution is -2.28. The van der Waals surface area contributed by atoms with Crippen LogP contribution in [0.4, 0.5) is 0 Å². The number of aliphatic hydroxyl groups excluding tert-OH is 2. The maximum Gasteiger partial charge on any atom is 0.330 e. The summed E-state index contributed by atoms with van der Waals surface area (Å²) in [5.74, 6) is -1.34. The third-order valence-electron chi connectivity index (χ3n) is 4.96. The van der Waals surface area contributed by atoms with Gasteiger partial charge in [0.2, 0.25) is 0 Å². The van der Waals surface area contributed by atoms with Crippen molar-refractivity contribution in [1.82, 2.24) is 0 Å². The molecule has 0 saturated carbocycles. The number of allylic oxidation sites excluding steroid dienone is 3. The molecular formula is C21H32O5. The van der Waals surface area contributed by atoms with E-state index >= 15 is 0 Å². The zero-order valence-corrected chi connectivity index (χ0v) is 16.2. The molecule has 0 aliphatic carbocycles. The first-order valence-corrected chi connectivity index (χ1v) is 9.36. The number of cyclic esters (lactones) is 1. The summed E-state index contributed by atoms with van der Waals surface area (Å²) >= 11 is 0. The summed E-state index contributed by atoms with van der Waals surface area (Å²) in [4.78, 5) is 24.3. The minimum atomic E-state index is -0.654. The van der Waals surface area contributed by atoms with E-state index in [1.165, 1.54) is 12.2 Å². The van der Waals surface area contributed by atoms with Crippen molar-refractivity contribution in [3.8, 4) is 0 Å². The number of hydrogen-bond acceptors (Lipinski definition) is 5. The summed E-state index contributed by atoms with van der Waals surface area (Å²) in [5, 5.41) is 20.0. The van der Waals surface area contributed by atoms with Crippen LogP contribution in [0.2, 0.25) is 0 Å². The molecule has 6 atom stereocenters. The smallest absolute Gasteiger partial charge is 0.330 e. The molecule has 0 aromatic carbocycles. The molecule has 0 radical (unpaired) electrons. The van der Waals surface area contributed by atoms with E-state index < -0.39 is 18.2 Å². The Morgan fingerprint density at radius 2 is 1.81 bits per heavy atom. The maximum atomic E-state index is 12.2. The molecule has 0 aromatic heterocycles. The van der Waals surface area contributed by atoms with Crippen LogP contribution in [0.15, 0.2) is 36.5 Å². The molecule has 1 aliphatic rings. The average Bonchev–Trinajstić information content (AvgIpc) is 2.62. The van der Waals surface area contributed by atoms with Crippen molar-refractivity contribution in [2.24, 2.45) is 23.7 Å². The molecule has 2 N–H and O–H groups in total. The van der Waals surface area contributed by atoms with Crippen LogP contribution in [0.1, 0.15) is 40.5 Å². The van der Waals surface area contributed by atoms with Crippen molar-refractivity contribution in [2.45, 2.75) is 52.7 Å². The van der Waals surface area contributed by atoms with E-state index in [1.54, 1.807) is 24.3 Å². The van der Waals surface area contributed by atoms with Crippen molar-refractivity contribution in [1.29, 1.82) is 0 Å². The van der Waals surface area contributed by atoms with Gasteiger partial charge < -0.3 is 14.9 Å². The van der Waals surface area contributed by atoms with Crippen molar-refractivity contribution in [2.75, 3.05) is 6.61 Å². The fourth-order valence-corrected chi connectivity index (χ4v) is 3.16. The Hall–Kier alpha value is -1.72. The average molecular weight is 364 g/mol. The second kappa shape index (κ2) is 11.1. The molecule has 26 heavy (non-hydrogen) atoms. The van der Waals surface area contributed by atoms with Gasteiger partial charge >= 0.3 is 5.97 Å².